The number of rotatable bonds is 4. The van der Waals surface area contributed by atoms with Crippen molar-refractivity contribution in [2.45, 2.75) is 18.4 Å². The van der Waals surface area contributed by atoms with Crippen LogP contribution in [0.4, 0.5) is 0 Å². The minimum absolute atomic E-state index is 0.327. The number of fused-ring (bicyclic) bond motifs is 2. The average Bonchev–Trinajstić information content (AvgIpc) is 3.40. The van der Waals surface area contributed by atoms with E-state index in [0.717, 1.165) is 38.7 Å². The number of amides is 2. The molecule has 4 aromatic rings. The van der Waals surface area contributed by atoms with Crippen LogP contribution in [0.15, 0.2) is 58.9 Å². The minimum Gasteiger partial charge on any atom is -0.347 e. The Labute approximate surface area is 176 Å². The quantitative estimate of drug-likeness (QED) is 0.368. The highest BCUT2D eigenvalue weighted by atomic mass is 32.2. The van der Waals surface area contributed by atoms with Crippen LogP contribution >= 0.6 is 23.1 Å². The molecule has 0 aliphatic carbocycles. The van der Waals surface area contributed by atoms with Crippen molar-refractivity contribution in [3.8, 4) is 0 Å². The highest BCUT2D eigenvalue weighted by Gasteiger charge is 2.34. The van der Waals surface area contributed by atoms with Gasteiger partial charge in [0.2, 0.25) is 0 Å². The number of hydrogen-bond donors (Lipinski definition) is 1. The van der Waals surface area contributed by atoms with E-state index in [4.69, 9.17) is 0 Å². The van der Waals surface area contributed by atoms with Gasteiger partial charge in [0.25, 0.3) is 11.8 Å². The maximum absolute atomic E-state index is 12.9. The third kappa shape index (κ3) is 2.74. The summed E-state index contributed by atoms with van der Waals surface area (Å²) in [6.45, 7) is 2.87. The molecule has 2 amide bonds. The molecule has 0 saturated heterocycles. The van der Waals surface area contributed by atoms with Crippen LogP contribution in [-0.2, 0) is 16.1 Å². The fourth-order valence-corrected chi connectivity index (χ4v) is 5.39. The lowest BCUT2D eigenvalue weighted by molar-refractivity contribution is -0.122. The number of nitrogens with one attached hydrogen (secondary N) is 1. The number of aromatic nitrogens is 1. The Balaban J connectivity index is 1.83. The van der Waals surface area contributed by atoms with Gasteiger partial charge in [-0.15, -0.1) is 23.1 Å². The molecule has 29 heavy (non-hydrogen) atoms. The molecule has 0 bridgehead atoms. The second-order valence-electron chi connectivity index (χ2n) is 6.89. The van der Waals surface area contributed by atoms with Gasteiger partial charge in [0.1, 0.15) is 0 Å². The number of thioether (sulfide) groups is 1. The van der Waals surface area contributed by atoms with Gasteiger partial charge in [-0.05, 0) is 31.4 Å². The molecule has 0 saturated carbocycles. The molecule has 4 nitrogen and oxygen atoms in total. The fourth-order valence-electron chi connectivity index (χ4n) is 4.00. The van der Waals surface area contributed by atoms with Gasteiger partial charge in [-0.25, -0.2) is 0 Å². The molecule has 3 heterocycles. The van der Waals surface area contributed by atoms with Crippen molar-refractivity contribution in [1.82, 2.24) is 9.88 Å². The van der Waals surface area contributed by atoms with E-state index in [9.17, 15) is 9.59 Å². The first-order valence-corrected chi connectivity index (χ1v) is 11.5. The Hall–Kier alpha value is -2.83. The summed E-state index contributed by atoms with van der Waals surface area (Å²) in [5.41, 5.74) is 3.64. The fraction of sp³-hybridized carbons (Fsp3) is 0.130. The molecular formula is C23H18N2O2S2. The molecule has 6 heteroatoms. The summed E-state index contributed by atoms with van der Waals surface area (Å²) in [6, 6.07) is 14.2. The van der Waals surface area contributed by atoms with E-state index in [1.165, 1.54) is 4.90 Å². The molecule has 2 aromatic carbocycles. The van der Waals surface area contributed by atoms with Gasteiger partial charge in [-0.3, -0.25) is 14.9 Å². The van der Waals surface area contributed by atoms with Crippen molar-refractivity contribution in [3.05, 3.63) is 65.2 Å². The summed E-state index contributed by atoms with van der Waals surface area (Å²) in [5, 5.41) is 6.48. The molecule has 0 unspecified atom stereocenters. The number of carbonyl (C=O) groups excluding carboxylic acids is 2. The normalized spacial score (nSPS) is 14.4. The van der Waals surface area contributed by atoms with Crippen LogP contribution in [-0.4, -0.2) is 22.6 Å². The first kappa shape index (κ1) is 18.2. The van der Waals surface area contributed by atoms with Crippen molar-refractivity contribution in [3.63, 3.8) is 0 Å². The lowest BCUT2D eigenvalue weighted by atomic mass is 9.95. The number of nitrogens with zero attached hydrogens (tertiary/aromatic N) is 1. The third-order valence-corrected chi connectivity index (χ3v) is 7.07. The smallest absolute Gasteiger partial charge is 0.259 e. The van der Waals surface area contributed by atoms with Gasteiger partial charge in [0.15, 0.2) is 0 Å². The molecule has 1 aliphatic heterocycles. The summed E-state index contributed by atoms with van der Waals surface area (Å²) in [4.78, 5) is 26.9. The van der Waals surface area contributed by atoms with Gasteiger partial charge in [0.05, 0.1) is 11.1 Å². The molecule has 2 aromatic heterocycles. The van der Waals surface area contributed by atoms with Crippen molar-refractivity contribution in [2.24, 2.45) is 0 Å². The summed E-state index contributed by atoms with van der Waals surface area (Å²) < 4.78 is 3.23. The van der Waals surface area contributed by atoms with Crippen LogP contribution in [0.2, 0.25) is 0 Å². The monoisotopic (exact) mass is 418 g/mol. The van der Waals surface area contributed by atoms with E-state index >= 15 is 0 Å². The number of benzene rings is 2. The van der Waals surface area contributed by atoms with E-state index in [0.29, 0.717) is 11.1 Å². The second-order valence-corrected chi connectivity index (χ2v) is 8.68. The zero-order chi connectivity index (χ0) is 20.1. The number of aryl methyl sites for hydroxylation is 1. The second kappa shape index (κ2) is 6.90. The zero-order valence-corrected chi connectivity index (χ0v) is 17.6. The van der Waals surface area contributed by atoms with Crippen LogP contribution in [0, 0.1) is 0 Å². The van der Waals surface area contributed by atoms with E-state index < -0.39 is 0 Å². The first-order valence-electron chi connectivity index (χ1n) is 9.36. The zero-order valence-electron chi connectivity index (χ0n) is 16.0. The van der Waals surface area contributed by atoms with E-state index in [-0.39, 0.29) is 11.8 Å². The highest BCUT2D eigenvalue weighted by Crippen LogP contribution is 2.40. The topological polar surface area (TPSA) is 51.1 Å². The van der Waals surface area contributed by atoms with Gasteiger partial charge in [-0.2, -0.15) is 0 Å². The van der Waals surface area contributed by atoms with Crippen molar-refractivity contribution < 1.29 is 9.59 Å². The lowest BCUT2D eigenvalue weighted by Gasteiger charge is -2.04. The molecule has 0 radical (unpaired) electrons. The van der Waals surface area contributed by atoms with E-state index in [1.54, 1.807) is 23.1 Å². The summed E-state index contributed by atoms with van der Waals surface area (Å²) in [7, 11) is 0. The highest BCUT2D eigenvalue weighted by molar-refractivity contribution is 7.98. The van der Waals surface area contributed by atoms with Crippen molar-refractivity contribution in [1.29, 1.82) is 0 Å². The Kier molecular flexibility index (Phi) is 4.33. The van der Waals surface area contributed by atoms with Crippen LogP contribution in [0.25, 0.3) is 32.1 Å². The maximum atomic E-state index is 12.9. The summed E-state index contributed by atoms with van der Waals surface area (Å²) >= 11 is 3.27. The number of carbonyl (C=O) groups is 2. The molecule has 1 aliphatic rings. The average molecular weight is 419 g/mol. The van der Waals surface area contributed by atoms with Gasteiger partial charge in [-0.1, -0.05) is 24.3 Å². The Morgan fingerprint density at radius 2 is 1.76 bits per heavy atom. The number of imide groups is 1. The van der Waals surface area contributed by atoms with E-state index in [2.05, 4.69) is 35.0 Å². The minimum atomic E-state index is -0.329. The maximum Gasteiger partial charge on any atom is 0.259 e. The number of thiophene rings is 1. The molecule has 0 spiro atoms. The standard InChI is InChI=1S/C23H18N2O2S2/c1-3-25-11-16(14-9-8-13(28-2)10-18(14)25)20-21(23(27)24-22(20)26)17-12-29-19-7-5-4-6-15(17)19/h4-12H,3H2,1-2H3,(H,24,26,27). The number of hydrogen-bond acceptors (Lipinski definition) is 4. The predicted octanol–water partition coefficient (Wildman–Crippen LogP) is 5.17. The Morgan fingerprint density at radius 3 is 2.52 bits per heavy atom. The Bertz CT molecular complexity index is 1340. The lowest BCUT2D eigenvalue weighted by Crippen LogP contribution is -2.22. The van der Waals surface area contributed by atoms with Crippen molar-refractivity contribution >= 4 is 67.0 Å². The Morgan fingerprint density at radius 1 is 1.00 bits per heavy atom. The molecular weight excluding hydrogens is 400 g/mol. The van der Waals surface area contributed by atoms with Crippen LogP contribution in [0.1, 0.15) is 18.1 Å². The van der Waals surface area contributed by atoms with Crippen LogP contribution in [0.3, 0.4) is 0 Å². The van der Waals surface area contributed by atoms with Crippen LogP contribution in [0.5, 0.6) is 0 Å². The van der Waals surface area contributed by atoms with Gasteiger partial charge < -0.3 is 4.57 Å². The molecule has 0 atom stereocenters. The molecule has 5 rings (SSSR count). The molecule has 144 valence electrons. The first-order chi connectivity index (χ1) is 14.1. The van der Waals surface area contributed by atoms with Gasteiger partial charge in [0, 0.05) is 55.1 Å². The van der Waals surface area contributed by atoms with Crippen LogP contribution < -0.4 is 5.32 Å². The molecule has 1 N–H and O–H groups in total. The SMILES string of the molecule is CCn1cc(C2=C(c3csc4ccccc34)C(=O)NC2=O)c2ccc(SC)cc21. The predicted molar refractivity (Wildman–Crippen MR) is 121 cm³/mol. The largest absolute Gasteiger partial charge is 0.347 e. The third-order valence-electron chi connectivity index (χ3n) is 5.38. The summed E-state index contributed by atoms with van der Waals surface area (Å²) in [6.07, 6.45) is 4.05. The van der Waals surface area contributed by atoms with E-state index in [1.807, 2.05) is 42.1 Å². The van der Waals surface area contributed by atoms with Crippen molar-refractivity contribution in [2.75, 3.05) is 6.26 Å². The summed E-state index contributed by atoms with van der Waals surface area (Å²) in [5.74, 6) is -0.656. The molecule has 0 fully saturated rings. The van der Waals surface area contributed by atoms with Gasteiger partial charge >= 0.3 is 0 Å².